The van der Waals surface area contributed by atoms with Crippen LogP contribution in [0.25, 0.3) is 0 Å². The van der Waals surface area contributed by atoms with E-state index in [-0.39, 0.29) is 0 Å². The van der Waals surface area contributed by atoms with E-state index in [2.05, 4.69) is 22.9 Å². The summed E-state index contributed by atoms with van der Waals surface area (Å²) in [6.45, 7) is 2.25. The molecule has 0 N–H and O–H groups in total. The molecule has 98 valence electrons. The van der Waals surface area contributed by atoms with E-state index >= 15 is 0 Å². The molecule has 1 rings (SSSR count). The quantitative estimate of drug-likeness (QED) is 0.339. The number of thiophene rings is 1. The van der Waals surface area contributed by atoms with Crippen molar-refractivity contribution in [3.63, 3.8) is 0 Å². The molecule has 0 nitrogen and oxygen atoms in total. The molecule has 0 radical (unpaired) electrons. The lowest BCUT2D eigenvalue weighted by Crippen LogP contribution is -1.89. The van der Waals surface area contributed by atoms with E-state index in [1.165, 1.54) is 49.9 Å². The summed E-state index contributed by atoms with van der Waals surface area (Å²) in [5.74, 6) is 0. The van der Waals surface area contributed by atoms with Crippen molar-refractivity contribution in [2.24, 2.45) is 0 Å². The molecule has 1 atom stereocenters. The number of halogens is 3. The molecule has 0 bridgehead atoms. The van der Waals surface area contributed by atoms with Crippen LogP contribution in [0.15, 0.2) is 6.07 Å². The summed E-state index contributed by atoms with van der Waals surface area (Å²) in [6.07, 6.45) is 9.11. The van der Waals surface area contributed by atoms with Crippen LogP contribution in [0.4, 0.5) is 0 Å². The minimum Gasteiger partial charge on any atom is -0.111 e. The van der Waals surface area contributed by atoms with Crippen LogP contribution < -0.4 is 0 Å². The van der Waals surface area contributed by atoms with Crippen LogP contribution in [0.3, 0.4) is 0 Å². The highest BCUT2D eigenvalue weighted by molar-refractivity contribution is 9.09. The summed E-state index contributed by atoms with van der Waals surface area (Å²) in [7, 11) is 0. The Morgan fingerprint density at radius 2 is 1.82 bits per heavy atom. The molecular formula is C13H19BrCl2S. The van der Waals surface area contributed by atoms with Crippen LogP contribution in [-0.2, 0) is 0 Å². The van der Waals surface area contributed by atoms with Crippen LogP contribution in [0.1, 0.15) is 62.3 Å². The maximum Gasteiger partial charge on any atom is 0.0987 e. The molecule has 0 aromatic carbocycles. The molecule has 1 aromatic heterocycles. The first-order chi connectivity index (χ1) is 8.15. The van der Waals surface area contributed by atoms with E-state index in [0.29, 0.717) is 4.83 Å². The topological polar surface area (TPSA) is 0 Å². The van der Waals surface area contributed by atoms with Crippen LogP contribution in [0.5, 0.6) is 0 Å². The lowest BCUT2D eigenvalue weighted by atomic mass is 10.1. The molecule has 0 fully saturated rings. The summed E-state index contributed by atoms with van der Waals surface area (Å²) >= 11 is 17.2. The normalized spacial score (nSPS) is 12.9. The van der Waals surface area contributed by atoms with Gasteiger partial charge in [-0.15, -0.1) is 11.3 Å². The predicted octanol–water partition coefficient (Wildman–Crippen LogP) is 7.24. The maximum atomic E-state index is 6.13. The lowest BCUT2D eigenvalue weighted by Gasteiger charge is -2.08. The van der Waals surface area contributed by atoms with Gasteiger partial charge >= 0.3 is 0 Å². The fourth-order valence-electron chi connectivity index (χ4n) is 1.83. The Hall–Kier alpha value is 0.760. The molecule has 0 saturated carbocycles. The summed E-state index contributed by atoms with van der Waals surface area (Å²) in [4.78, 5) is 0.352. The van der Waals surface area contributed by atoms with Crippen molar-refractivity contribution in [3.05, 3.63) is 20.3 Å². The second-order valence-electron chi connectivity index (χ2n) is 4.30. The minimum absolute atomic E-state index is 0.352. The smallest absolute Gasteiger partial charge is 0.0987 e. The van der Waals surface area contributed by atoms with Gasteiger partial charge in [0, 0.05) is 4.83 Å². The third-order valence-electron chi connectivity index (χ3n) is 2.83. The Kier molecular flexibility index (Phi) is 8.18. The summed E-state index contributed by atoms with van der Waals surface area (Å²) < 4.78 is 1.60. The maximum absolute atomic E-state index is 6.13. The molecule has 17 heavy (non-hydrogen) atoms. The molecule has 1 aromatic rings. The lowest BCUT2D eigenvalue weighted by molar-refractivity contribution is 0.588. The van der Waals surface area contributed by atoms with Gasteiger partial charge in [-0.05, 0) is 18.1 Å². The Balaban J connectivity index is 2.21. The standard InChI is InChI=1S/C13H19BrCl2S/c1-2-3-4-5-6-7-8-11(14)10-9-12(15)17-13(10)16/h9,11H,2-8H2,1H3. The van der Waals surface area contributed by atoms with E-state index in [1.54, 1.807) is 0 Å². The van der Waals surface area contributed by atoms with Crippen LogP contribution >= 0.6 is 50.5 Å². The number of unbranched alkanes of at least 4 members (excludes halogenated alkanes) is 5. The van der Waals surface area contributed by atoms with E-state index in [9.17, 15) is 0 Å². The number of hydrogen-bond donors (Lipinski definition) is 0. The zero-order valence-electron chi connectivity index (χ0n) is 10.1. The van der Waals surface area contributed by atoms with Gasteiger partial charge in [0.05, 0.1) is 8.67 Å². The molecule has 0 aliphatic carbocycles. The van der Waals surface area contributed by atoms with Crippen LogP contribution in [0, 0.1) is 0 Å². The molecule has 0 aliphatic rings. The van der Waals surface area contributed by atoms with E-state index in [4.69, 9.17) is 23.2 Å². The van der Waals surface area contributed by atoms with Crippen molar-refractivity contribution < 1.29 is 0 Å². The highest BCUT2D eigenvalue weighted by Crippen LogP contribution is 2.40. The summed E-state index contributed by atoms with van der Waals surface area (Å²) in [5.41, 5.74) is 1.15. The first-order valence-corrected chi connectivity index (χ1v) is 8.72. The van der Waals surface area contributed by atoms with Crippen LogP contribution in [-0.4, -0.2) is 0 Å². The third kappa shape index (κ3) is 5.96. The van der Waals surface area contributed by atoms with Gasteiger partial charge in [-0.25, -0.2) is 0 Å². The fraction of sp³-hybridized carbons (Fsp3) is 0.692. The van der Waals surface area contributed by atoms with Crippen molar-refractivity contribution in [2.45, 2.75) is 56.7 Å². The van der Waals surface area contributed by atoms with Gasteiger partial charge in [0.15, 0.2) is 0 Å². The van der Waals surface area contributed by atoms with E-state index in [0.717, 1.165) is 20.7 Å². The van der Waals surface area contributed by atoms with Gasteiger partial charge < -0.3 is 0 Å². The number of hydrogen-bond acceptors (Lipinski definition) is 1. The van der Waals surface area contributed by atoms with E-state index in [1.807, 2.05) is 6.07 Å². The van der Waals surface area contributed by atoms with Gasteiger partial charge in [0.25, 0.3) is 0 Å². The average Bonchev–Trinajstić information content (AvgIpc) is 2.62. The van der Waals surface area contributed by atoms with Crippen molar-refractivity contribution in [1.29, 1.82) is 0 Å². The molecular weight excluding hydrogens is 339 g/mol. The van der Waals surface area contributed by atoms with Crippen LogP contribution in [0.2, 0.25) is 8.67 Å². The highest BCUT2D eigenvalue weighted by Gasteiger charge is 2.14. The monoisotopic (exact) mass is 356 g/mol. The van der Waals surface area contributed by atoms with Gasteiger partial charge in [-0.2, -0.15) is 0 Å². The third-order valence-corrected chi connectivity index (χ3v) is 5.30. The molecule has 0 amide bonds. The molecule has 0 spiro atoms. The average molecular weight is 358 g/mol. The molecule has 0 saturated heterocycles. The van der Waals surface area contributed by atoms with E-state index < -0.39 is 0 Å². The minimum atomic E-state index is 0.352. The Labute approximate surface area is 127 Å². The van der Waals surface area contributed by atoms with Gasteiger partial charge in [-0.3, -0.25) is 0 Å². The zero-order chi connectivity index (χ0) is 12.7. The Morgan fingerprint density at radius 1 is 1.18 bits per heavy atom. The van der Waals surface area contributed by atoms with Gasteiger partial charge in [0.1, 0.15) is 0 Å². The Bertz CT molecular complexity index is 325. The van der Waals surface area contributed by atoms with Gasteiger partial charge in [-0.1, -0.05) is 84.6 Å². The number of alkyl halides is 1. The van der Waals surface area contributed by atoms with Crippen molar-refractivity contribution in [3.8, 4) is 0 Å². The molecule has 4 heteroatoms. The molecule has 0 aliphatic heterocycles. The first kappa shape index (κ1) is 15.8. The zero-order valence-corrected chi connectivity index (χ0v) is 14.1. The largest absolute Gasteiger partial charge is 0.111 e. The van der Waals surface area contributed by atoms with Crippen molar-refractivity contribution in [1.82, 2.24) is 0 Å². The SMILES string of the molecule is CCCCCCCCC(Br)c1cc(Cl)sc1Cl. The Morgan fingerprint density at radius 3 is 2.41 bits per heavy atom. The summed E-state index contributed by atoms with van der Waals surface area (Å²) in [5, 5.41) is 0. The fourth-order valence-corrected chi connectivity index (χ4v) is 4.37. The first-order valence-electron chi connectivity index (χ1n) is 6.24. The number of rotatable bonds is 8. The second kappa shape index (κ2) is 8.79. The highest BCUT2D eigenvalue weighted by atomic mass is 79.9. The molecule has 1 unspecified atom stereocenters. The predicted molar refractivity (Wildman–Crippen MR) is 84.0 cm³/mol. The molecule has 1 heterocycles. The second-order valence-corrected chi connectivity index (χ2v) is 7.69. The van der Waals surface area contributed by atoms with Gasteiger partial charge in [0.2, 0.25) is 0 Å². The van der Waals surface area contributed by atoms with Crippen molar-refractivity contribution >= 4 is 50.5 Å². The van der Waals surface area contributed by atoms with Crippen molar-refractivity contribution in [2.75, 3.05) is 0 Å². The summed E-state index contributed by atoms with van der Waals surface area (Å²) in [6, 6.07) is 1.98.